The van der Waals surface area contributed by atoms with E-state index in [1.54, 1.807) is 41.3 Å². The van der Waals surface area contributed by atoms with E-state index in [2.05, 4.69) is 76.2 Å². The van der Waals surface area contributed by atoms with Crippen LogP contribution < -0.4 is 30.7 Å². The van der Waals surface area contributed by atoms with Crippen LogP contribution in [0, 0.1) is 0 Å². The van der Waals surface area contributed by atoms with Crippen LogP contribution >= 0.6 is 0 Å². The van der Waals surface area contributed by atoms with Crippen molar-refractivity contribution < 1.29 is 52.7 Å². The van der Waals surface area contributed by atoms with Crippen molar-refractivity contribution in [2.24, 2.45) is 0 Å². The number of halogens is 3. The van der Waals surface area contributed by atoms with Gasteiger partial charge in [0.15, 0.2) is 18.1 Å². The van der Waals surface area contributed by atoms with Crippen LogP contribution in [0.15, 0.2) is 125 Å². The molecule has 426 valence electrons. The summed E-state index contributed by atoms with van der Waals surface area (Å²) in [5.74, 6) is 0.257. The molecule has 2 unspecified atom stereocenters. The maximum atomic E-state index is 14.0. The maximum Gasteiger partial charge on any atom is 0.416 e. The molecule has 1 fully saturated rings. The number of carbonyl (C=O) groups is 3. The van der Waals surface area contributed by atoms with Crippen molar-refractivity contribution in [3.05, 3.63) is 148 Å². The molecule has 0 saturated carbocycles. The molecule has 15 nitrogen and oxygen atoms in total. The van der Waals surface area contributed by atoms with Gasteiger partial charge in [0.2, 0.25) is 17.5 Å². The number of fused-ring (bicyclic) bond motifs is 12. The third-order valence-corrected chi connectivity index (χ3v) is 18.3. The predicted octanol–water partition coefficient (Wildman–Crippen LogP) is 10.6. The highest BCUT2D eigenvalue weighted by atomic mass is 32.2. The number of nitrogens with zero attached hydrogens (tertiary/aromatic N) is 5. The standard InChI is InChI=1S/C62H65F3N8O7S.2H2/c1-60(2)46-30-38(16-21-49(46)71-28-24-52-44(56(60)71)34-45-53(80-52)25-29-72-50-22-19-43(81(77,78)79)33-47(50)61(3,4)57(45)72)31-55(75)66-26-7-5-6-13-54(74)67-35-37-14-17-41(18-15-37)68-59(76)73-42-12-9-27-70(36-42)51-23-20-48(69-58(51)73)39-10-8-11-40(32-39)62(63,64)65;;/h8,10-11,14-23,30,32-34,42,52-53H,5-7,9,12-13,24-29,31,35-36H2,1-4H3,(H3-,66,67,68,74,75,76,77,78,79);2*1H/t42-,52?,53?;;/m0../s1. The van der Waals surface area contributed by atoms with E-state index in [-0.39, 0.29) is 55.7 Å². The Labute approximate surface area is 472 Å². The summed E-state index contributed by atoms with van der Waals surface area (Å²) in [6.45, 7) is 12.4. The summed E-state index contributed by atoms with van der Waals surface area (Å²) in [5, 5.41) is 9.04. The molecular formula is C62H69F3N8O7S. The highest BCUT2D eigenvalue weighted by molar-refractivity contribution is 7.85. The molecule has 1 aromatic heterocycles. The Kier molecular flexibility index (Phi) is 13.8. The van der Waals surface area contributed by atoms with Gasteiger partial charge in [-0.15, -0.1) is 0 Å². The van der Waals surface area contributed by atoms with Crippen LogP contribution in [-0.4, -0.2) is 97.1 Å². The second-order valence-corrected chi connectivity index (χ2v) is 24.8. The SMILES string of the molecule is CC1(C)C2=C3C=C4C5=[N+](CCC4OC3CCN2c2ccc(CC(=O)NCCCCCC(=O)NCc3ccc(NC(=O)N4c6nc(-c7cccc(C(F)(F)F)c7)ccc6N6CCC[C@H]4C6)cc3)cc21)c1ccc(S(=O)(=O)[O-])cc1C5(C)C.[HH].[HH]. The zero-order valence-corrected chi connectivity index (χ0v) is 46.6. The monoisotopic (exact) mass is 1130 g/mol. The molecule has 7 aliphatic rings. The van der Waals surface area contributed by atoms with Crippen LogP contribution in [0.2, 0.25) is 0 Å². The van der Waals surface area contributed by atoms with E-state index in [0.29, 0.717) is 55.2 Å². The number of hydrogen-bond acceptors (Lipinski definition) is 10. The Hall–Kier alpha value is -7.35. The van der Waals surface area contributed by atoms with Gasteiger partial charge in [-0.05, 0) is 123 Å². The number of nitrogens with one attached hydrogen (secondary N) is 3. The van der Waals surface area contributed by atoms with Gasteiger partial charge in [-0.2, -0.15) is 17.7 Å². The minimum Gasteiger partial charge on any atom is -0.744 e. The Morgan fingerprint density at radius 3 is 2.41 bits per heavy atom. The number of anilines is 4. The van der Waals surface area contributed by atoms with Gasteiger partial charge in [0.05, 0.1) is 51.9 Å². The van der Waals surface area contributed by atoms with Gasteiger partial charge < -0.3 is 35.0 Å². The molecule has 81 heavy (non-hydrogen) atoms. The summed E-state index contributed by atoms with van der Waals surface area (Å²) in [4.78, 5) is 50.9. The highest BCUT2D eigenvalue weighted by Crippen LogP contribution is 2.55. The number of amides is 4. The van der Waals surface area contributed by atoms with Crippen molar-refractivity contribution in [1.29, 1.82) is 0 Å². The van der Waals surface area contributed by atoms with Crippen LogP contribution in [-0.2, 0) is 54.4 Å². The molecule has 19 heteroatoms. The number of ether oxygens (including phenoxy) is 1. The molecule has 4 amide bonds. The Morgan fingerprint density at radius 2 is 1.62 bits per heavy atom. The molecule has 0 spiro atoms. The van der Waals surface area contributed by atoms with E-state index < -0.39 is 27.3 Å². The van der Waals surface area contributed by atoms with Gasteiger partial charge in [0, 0.05) is 99.2 Å². The van der Waals surface area contributed by atoms with Gasteiger partial charge in [-0.3, -0.25) is 14.5 Å². The van der Waals surface area contributed by atoms with Gasteiger partial charge in [0.25, 0.3) is 0 Å². The molecule has 3 atom stereocenters. The van der Waals surface area contributed by atoms with E-state index in [1.807, 2.05) is 24.3 Å². The lowest BCUT2D eigenvalue weighted by Crippen LogP contribution is -2.56. The van der Waals surface area contributed by atoms with Crippen molar-refractivity contribution in [2.45, 2.75) is 132 Å². The first-order valence-corrected chi connectivity index (χ1v) is 29.5. The molecule has 1 saturated heterocycles. The Bertz CT molecular complexity index is 3640. The summed E-state index contributed by atoms with van der Waals surface area (Å²) in [7, 11) is -4.62. The number of allylic oxidation sites excluding steroid dienone is 1. The molecule has 0 aliphatic carbocycles. The summed E-state index contributed by atoms with van der Waals surface area (Å²) in [5.41, 5.74) is 10.6. The van der Waals surface area contributed by atoms with E-state index in [1.165, 1.54) is 17.8 Å². The van der Waals surface area contributed by atoms with E-state index >= 15 is 0 Å². The number of carbonyl (C=O) groups excluding carboxylic acids is 3. The lowest BCUT2D eigenvalue weighted by atomic mass is 9.74. The molecule has 4 aromatic carbocycles. The minimum absolute atomic E-state index is 0. The first kappa shape index (κ1) is 54.2. The van der Waals surface area contributed by atoms with Gasteiger partial charge in [0.1, 0.15) is 10.1 Å². The lowest BCUT2D eigenvalue weighted by molar-refractivity contribution is -0.445. The molecule has 5 aromatic rings. The fraction of sp³-hybridized carbons (Fsp3) is 0.403. The second kappa shape index (κ2) is 20.6. The van der Waals surface area contributed by atoms with Crippen molar-refractivity contribution in [2.75, 3.05) is 52.7 Å². The number of hydrogen-bond donors (Lipinski definition) is 3. The number of unbranched alkanes of at least 4 members (excludes halogenated alkanes) is 2. The van der Waals surface area contributed by atoms with Crippen LogP contribution in [0.3, 0.4) is 0 Å². The number of piperidine rings is 1. The molecule has 8 heterocycles. The Balaban J connectivity index is 0.00000385. The molecule has 0 radical (unpaired) electrons. The molecular weight excluding hydrogens is 1060 g/mol. The van der Waals surface area contributed by atoms with Gasteiger partial charge in [-0.1, -0.05) is 56.7 Å². The predicted molar refractivity (Wildman–Crippen MR) is 306 cm³/mol. The van der Waals surface area contributed by atoms with Crippen LogP contribution in [0.1, 0.15) is 110 Å². The van der Waals surface area contributed by atoms with Gasteiger partial charge in [-0.25, -0.2) is 18.2 Å². The van der Waals surface area contributed by atoms with Gasteiger partial charge >= 0.3 is 12.2 Å². The molecule has 7 aliphatic heterocycles. The van der Waals surface area contributed by atoms with Crippen LogP contribution in [0.25, 0.3) is 11.3 Å². The zero-order valence-electron chi connectivity index (χ0n) is 45.8. The van der Waals surface area contributed by atoms with E-state index in [4.69, 9.17) is 9.72 Å². The number of urea groups is 1. The number of rotatable bonds is 13. The number of alkyl halides is 3. The van der Waals surface area contributed by atoms with Crippen molar-refractivity contribution in [3.63, 3.8) is 0 Å². The molecule has 3 N–H and O–H groups in total. The third kappa shape index (κ3) is 10.1. The van der Waals surface area contributed by atoms with Crippen LogP contribution in [0.4, 0.5) is 46.5 Å². The van der Waals surface area contributed by atoms with E-state index in [0.717, 1.165) is 126 Å². The first-order chi connectivity index (χ1) is 38.6. The molecule has 12 rings (SSSR count). The topological polar surface area (TPSA) is 179 Å². The largest absolute Gasteiger partial charge is 0.744 e. The maximum absolute atomic E-state index is 14.0. The summed E-state index contributed by atoms with van der Waals surface area (Å²) >= 11 is 0. The first-order valence-electron chi connectivity index (χ1n) is 28.1. The third-order valence-electron chi connectivity index (χ3n) is 17.4. The van der Waals surface area contributed by atoms with Crippen molar-refractivity contribution >= 4 is 62.2 Å². The summed E-state index contributed by atoms with van der Waals surface area (Å²) < 4.78 is 86.1. The summed E-state index contributed by atoms with van der Waals surface area (Å²) in [6.07, 6.45) is 3.65. The average molecular weight is 1130 g/mol. The fourth-order valence-corrected chi connectivity index (χ4v) is 14.0. The quantitative estimate of drug-likeness (QED) is 0.0584. The second-order valence-electron chi connectivity index (χ2n) is 23.5. The Morgan fingerprint density at radius 1 is 0.827 bits per heavy atom. The normalized spacial score (nSPS) is 21.0. The van der Waals surface area contributed by atoms with Crippen molar-refractivity contribution in [3.8, 4) is 11.3 Å². The highest BCUT2D eigenvalue weighted by Gasteiger charge is 2.55. The molecule has 2 bridgehead atoms. The summed E-state index contributed by atoms with van der Waals surface area (Å²) in [6, 6.07) is 26.3. The minimum atomic E-state index is -4.62. The van der Waals surface area contributed by atoms with Crippen molar-refractivity contribution in [1.82, 2.24) is 15.6 Å². The zero-order chi connectivity index (χ0) is 56.8. The number of pyridine rings is 1. The lowest BCUT2D eigenvalue weighted by Gasteiger charge is -2.45. The van der Waals surface area contributed by atoms with E-state index in [9.17, 15) is 40.5 Å². The number of aromatic nitrogens is 1. The van der Waals surface area contributed by atoms with Crippen LogP contribution in [0.5, 0.6) is 0 Å². The average Bonchev–Trinajstić information content (AvgIpc) is 1.78. The fourth-order valence-electron chi connectivity index (χ4n) is 13.5. The number of benzene rings is 4. The smallest absolute Gasteiger partial charge is 0.416 e.